The number of nitrogens with one attached hydrogen (secondary N) is 2. The molecule has 32 heavy (non-hydrogen) atoms. The minimum atomic E-state index is -0.523. The van der Waals surface area contributed by atoms with Gasteiger partial charge in [-0.15, -0.1) is 0 Å². The summed E-state index contributed by atoms with van der Waals surface area (Å²) in [6, 6.07) is 11.5. The minimum absolute atomic E-state index is 0.281. The molecule has 1 aliphatic heterocycles. The number of esters is 1. The van der Waals surface area contributed by atoms with Gasteiger partial charge in [0.1, 0.15) is 6.04 Å². The van der Waals surface area contributed by atoms with E-state index in [4.69, 9.17) is 14.2 Å². The molecule has 2 N–H and O–H groups in total. The van der Waals surface area contributed by atoms with Crippen LogP contribution in [0.3, 0.4) is 0 Å². The van der Waals surface area contributed by atoms with Gasteiger partial charge in [0.05, 0.1) is 44.6 Å². The average molecular weight is 436 g/mol. The zero-order valence-electron chi connectivity index (χ0n) is 18.0. The van der Waals surface area contributed by atoms with Crippen LogP contribution >= 0.6 is 0 Å². The SMILES string of the molecule is COC(=O)c1ccccc1NC(=O)N1CCc2[nH]cnc2C1c1ccc(OC)c(OC)c1. The Morgan fingerprint density at radius 1 is 1.09 bits per heavy atom. The van der Waals surface area contributed by atoms with E-state index in [-0.39, 0.29) is 11.6 Å². The normalized spacial score (nSPS) is 15.0. The van der Waals surface area contributed by atoms with Gasteiger partial charge < -0.3 is 29.4 Å². The first-order chi connectivity index (χ1) is 15.6. The number of aromatic nitrogens is 2. The molecule has 4 rings (SSSR count). The summed E-state index contributed by atoms with van der Waals surface area (Å²) in [5.41, 5.74) is 3.22. The number of para-hydroxylation sites is 1. The maximum Gasteiger partial charge on any atom is 0.339 e. The lowest BCUT2D eigenvalue weighted by Crippen LogP contribution is -2.43. The molecule has 9 nitrogen and oxygen atoms in total. The molecule has 0 aliphatic carbocycles. The van der Waals surface area contributed by atoms with E-state index in [1.54, 1.807) is 55.8 Å². The molecule has 166 valence electrons. The Hall–Kier alpha value is -4.01. The highest BCUT2D eigenvalue weighted by Gasteiger charge is 2.35. The Morgan fingerprint density at radius 3 is 2.62 bits per heavy atom. The van der Waals surface area contributed by atoms with Gasteiger partial charge in [0.25, 0.3) is 0 Å². The summed E-state index contributed by atoms with van der Waals surface area (Å²) in [4.78, 5) is 34.8. The molecule has 1 aliphatic rings. The number of rotatable bonds is 5. The predicted octanol–water partition coefficient (Wildman–Crippen LogP) is 3.39. The number of aromatic amines is 1. The van der Waals surface area contributed by atoms with E-state index in [1.165, 1.54) is 7.11 Å². The molecular weight excluding hydrogens is 412 g/mol. The summed E-state index contributed by atoms with van der Waals surface area (Å²) in [5, 5.41) is 2.86. The number of carbonyl (C=O) groups is 2. The van der Waals surface area contributed by atoms with Gasteiger partial charge in [0.2, 0.25) is 0 Å². The molecule has 0 saturated heterocycles. The first-order valence-corrected chi connectivity index (χ1v) is 10.1. The molecule has 1 atom stereocenters. The van der Waals surface area contributed by atoms with Crippen molar-refractivity contribution in [2.45, 2.75) is 12.5 Å². The van der Waals surface area contributed by atoms with Crippen LogP contribution in [0.1, 0.15) is 33.4 Å². The molecular formula is C23H24N4O5. The second kappa shape index (κ2) is 9.01. The molecule has 2 amide bonds. The van der Waals surface area contributed by atoms with Crippen molar-refractivity contribution in [2.24, 2.45) is 0 Å². The van der Waals surface area contributed by atoms with Crippen molar-refractivity contribution in [3.8, 4) is 11.5 Å². The van der Waals surface area contributed by atoms with Crippen LogP contribution in [0.2, 0.25) is 0 Å². The lowest BCUT2D eigenvalue weighted by Gasteiger charge is -2.35. The van der Waals surface area contributed by atoms with E-state index in [9.17, 15) is 9.59 Å². The fraction of sp³-hybridized carbons (Fsp3) is 0.261. The molecule has 3 aromatic rings. The van der Waals surface area contributed by atoms with E-state index in [2.05, 4.69) is 15.3 Å². The van der Waals surface area contributed by atoms with E-state index in [0.29, 0.717) is 30.2 Å². The highest BCUT2D eigenvalue weighted by molar-refractivity contribution is 6.01. The third kappa shape index (κ3) is 3.84. The van der Waals surface area contributed by atoms with Gasteiger partial charge in [-0.2, -0.15) is 0 Å². The third-order valence-electron chi connectivity index (χ3n) is 5.48. The van der Waals surface area contributed by atoms with E-state index in [0.717, 1.165) is 17.0 Å². The number of urea groups is 1. The maximum absolute atomic E-state index is 13.4. The Balaban J connectivity index is 1.71. The van der Waals surface area contributed by atoms with Crippen molar-refractivity contribution in [1.82, 2.24) is 14.9 Å². The summed E-state index contributed by atoms with van der Waals surface area (Å²) < 4.78 is 15.6. The molecule has 9 heteroatoms. The van der Waals surface area contributed by atoms with Crippen molar-refractivity contribution in [3.63, 3.8) is 0 Å². The number of fused-ring (bicyclic) bond motifs is 1. The van der Waals surface area contributed by atoms with Crippen LogP contribution in [-0.4, -0.2) is 54.7 Å². The Kier molecular flexibility index (Phi) is 5.98. The van der Waals surface area contributed by atoms with Crippen molar-refractivity contribution in [1.29, 1.82) is 0 Å². The number of imidazole rings is 1. The summed E-state index contributed by atoms with van der Waals surface area (Å²) >= 11 is 0. The first-order valence-electron chi connectivity index (χ1n) is 10.1. The first kappa shape index (κ1) is 21.2. The number of amides is 2. The maximum atomic E-state index is 13.4. The van der Waals surface area contributed by atoms with Crippen molar-refractivity contribution in [2.75, 3.05) is 33.2 Å². The van der Waals surface area contributed by atoms with Gasteiger partial charge in [0.15, 0.2) is 11.5 Å². The van der Waals surface area contributed by atoms with E-state index < -0.39 is 12.0 Å². The molecule has 1 aromatic heterocycles. The van der Waals surface area contributed by atoms with Crippen LogP contribution in [0, 0.1) is 0 Å². The second-order valence-corrected chi connectivity index (χ2v) is 7.19. The number of hydrogen-bond donors (Lipinski definition) is 2. The van der Waals surface area contributed by atoms with Crippen LogP contribution in [0.15, 0.2) is 48.8 Å². The quantitative estimate of drug-likeness (QED) is 0.594. The topological polar surface area (TPSA) is 106 Å². The number of anilines is 1. The van der Waals surface area contributed by atoms with E-state index >= 15 is 0 Å². The largest absolute Gasteiger partial charge is 0.493 e. The lowest BCUT2D eigenvalue weighted by atomic mass is 9.95. The van der Waals surface area contributed by atoms with Gasteiger partial charge >= 0.3 is 12.0 Å². The fourth-order valence-corrected chi connectivity index (χ4v) is 3.92. The van der Waals surface area contributed by atoms with Gasteiger partial charge in [0, 0.05) is 18.7 Å². The number of hydrogen-bond acceptors (Lipinski definition) is 6. The Morgan fingerprint density at radius 2 is 1.88 bits per heavy atom. The second-order valence-electron chi connectivity index (χ2n) is 7.19. The minimum Gasteiger partial charge on any atom is -0.493 e. The van der Waals surface area contributed by atoms with Crippen molar-refractivity contribution >= 4 is 17.7 Å². The zero-order valence-corrected chi connectivity index (χ0v) is 18.0. The molecule has 2 heterocycles. The number of carbonyl (C=O) groups excluding carboxylic acids is 2. The van der Waals surface area contributed by atoms with Crippen LogP contribution in [-0.2, 0) is 11.2 Å². The van der Waals surface area contributed by atoms with Gasteiger partial charge in [-0.3, -0.25) is 0 Å². The monoisotopic (exact) mass is 436 g/mol. The lowest BCUT2D eigenvalue weighted by molar-refractivity contribution is 0.0602. The molecule has 0 fully saturated rings. The zero-order chi connectivity index (χ0) is 22.7. The van der Waals surface area contributed by atoms with Crippen molar-refractivity contribution < 1.29 is 23.8 Å². The number of ether oxygens (including phenoxy) is 3. The molecule has 2 aromatic carbocycles. The van der Waals surface area contributed by atoms with E-state index in [1.807, 2.05) is 12.1 Å². The Bertz CT molecular complexity index is 1140. The summed E-state index contributed by atoms with van der Waals surface area (Å²) in [7, 11) is 4.44. The third-order valence-corrected chi connectivity index (χ3v) is 5.48. The average Bonchev–Trinajstić information content (AvgIpc) is 3.31. The standard InChI is InChI=1S/C23H24N4O5/c1-30-18-9-8-14(12-19(18)31-2)21-20-17(24-13-25-20)10-11-27(21)23(29)26-16-7-5-4-6-15(16)22(28)32-3/h4-9,12-13,21H,10-11H2,1-3H3,(H,24,25)(H,26,29). The fourth-order valence-electron chi connectivity index (χ4n) is 3.92. The predicted molar refractivity (Wildman–Crippen MR) is 117 cm³/mol. The highest BCUT2D eigenvalue weighted by atomic mass is 16.5. The summed E-state index contributed by atoms with van der Waals surface area (Å²) in [6.07, 6.45) is 2.26. The molecule has 0 saturated carbocycles. The van der Waals surface area contributed by atoms with Crippen molar-refractivity contribution in [3.05, 3.63) is 71.3 Å². The summed E-state index contributed by atoms with van der Waals surface area (Å²) in [5.74, 6) is 0.631. The van der Waals surface area contributed by atoms with Crippen LogP contribution in [0.25, 0.3) is 0 Å². The van der Waals surface area contributed by atoms with Gasteiger partial charge in [-0.1, -0.05) is 18.2 Å². The van der Waals surface area contributed by atoms with Crippen LogP contribution in [0.5, 0.6) is 11.5 Å². The molecule has 0 radical (unpaired) electrons. The summed E-state index contributed by atoms with van der Waals surface area (Å²) in [6.45, 7) is 0.459. The van der Waals surface area contributed by atoms with Crippen LogP contribution < -0.4 is 14.8 Å². The number of H-pyrrole nitrogens is 1. The highest BCUT2D eigenvalue weighted by Crippen LogP contribution is 2.38. The number of benzene rings is 2. The molecule has 1 unspecified atom stereocenters. The number of methoxy groups -OCH3 is 3. The number of nitrogens with zero attached hydrogens (tertiary/aromatic N) is 2. The Labute approximate surface area is 185 Å². The van der Waals surface area contributed by atoms with Gasteiger partial charge in [-0.25, -0.2) is 14.6 Å². The molecule has 0 bridgehead atoms. The smallest absolute Gasteiger partial charge is 0.339 e. The van der Waals surface area contributed by atoms with Gasteiger partial charge in [-0.05, 0) is 29.8 Å². The molecule has 0 spiro atoms. The van der Waals surface area contributed by atoms with Crippen LogP contribution in [0.4, 0.5) is 10.5 Å².